The molecule has 0 spiro atoms. The van der Waals surface area contributed by atoms with E-state index >= 15 is 0 Å². The number of thioether (sulfide) groups is 1. The summed E-state index contributed by atoms with van der Waals surface area (Å²) in [7, 11) is 0. The van der Waals surface area contributed by atoms with Gasteiger partial charge in [0.25, 0.3) is 0 Å². The zero-order chi connectivity index (χ0) is 4.41. The Hall–Kier alpha value is 1.11. The third-order valence-corrected chi connectivity index (χ3v) is 2.94. The van der Waals surface area contributed by atoms with Crippen molar-refractivity contribution in [1.82, 2.24) is 0 Å². The van der Waals surface area contributed by atoms with Gasteiger partial charge in [-0.25, -0.2) is 0 Å². The normalized spacial score (nSPS) is 23.5. The van der Waals surface area contributed by atoms with Crippen molar-refractivity contribution in [3.8, 4) is 0 Å². The fourth-order valence-corrected chi connectivity index (χ4v) is 2.01. The van der Waals surface area contributed by atoms with Crippen LogP contribution in [0.3, 0.4) is 0 Å². The van der Waals surface area contributed by atoms with Crippen molar-refractivity contribution in [3.63, 3.8) is 0 Å². The van der Waals surface area contributed by atoms with Crippen molar-refractivity contribution in [1.29, 1.82) is 0 Å². The Kier molecular flexibility index (Phi) is 2.12. The molecule has 3 radical (unpaired) electrons. The maximum atomic E-state index is 5.06. The van der Waals surface area contributed by atoms with Crippen LogP contribution in [0, 0.1) is 0 Å². The van der Waals surface area contributed by atoms with Crippen LogP contribution in [-0.4, -0.2) is 40.5 Å². The van der Waals surface area contributed by atoms with E-state index in [2.05, 4.69) is 0 Å². The molecular weight excluding hydrogens is 203 g/mol. The molecule has 0 bridgehead atoms. The maximum absolute atomic E-state index is 5.06. The molecule has 1 saturated heterocycles. The van der Waals surface area contributed by atoms with Crippen LogP contribution < -0.4 is 0 Å². The molecule has 1 nitrogen and oxygen atoms in total. The van der Waals surface area contributed by atoms with E-state index < -0.39 is 0 Å². The second-order valence-corrected chi connectivity index (χ2v) is 3.02. The zero-order valence-electron chi connectivity index (χ0n) is 3.31. The van der Waals surface area contributed by atoms with E-state index in [0.29, 0.717) is 6.10 Å². The van der Waals surface area contributed by atoms with Crippen LogP contribution in [0.1, 0.15) is 0 Å². The fourth-order valence-electron chi connectivity index (χ4n) is 0.282. The quantitative estimate of drug-likeness (QED) is 0.569. The Bertz CT molecular complexity index is 43.3. The topological polar surface area (TPSA) is 9.23 Å². The first-order chi connectivity index (χ1) is 2.93. The molecule has 0 unspecified atom stereocenters. The molecule has 0 aliphatic carbocycles. The molecule has 0 aromatic carbocycles. The fraction of sp³-hybridized carbons (Fsp3) is 1.00. The van der Waals surface area contributed by atoms with Gasteiger partial charge in [0, 0.05) is 0 Å². The van der Waals surface area contributed by atoms with Gasteiger partial charge in [-0.1, -0.05) is 0 Å². The molecular formula is C3H5OSSn. The Morgan fingerprint density at radius 2 is 2.33 bits per heavy atom. The second kappa shape index (κ2) is 2.42. The van der Waals surface area contributed by atoms with Gasteiger partial charge in [0.05, 0.1) is 0 Å². The van der Waals surface area contributed by atoms with Gasteiger partial charge in [-0.2, -0.15) is 0 Å². The van der Waals surface area contributed by atoms with Crippen molar-refractivity contribution in [3.05, 3.63) is 0 Å². The van der Waals surface area contributed by atoms with Gasteiger partial charge in [0.1, 0.15) is 0 Å². The van der Waals surface area contributed by atoms with Crippen LogP contribution in [0.5, 0.6) is 0 Å². The summed E-state index contributed by atoms with van der Waals surface area (Å²) in [5.41, 5.74) is 0. The van der Waals surface area contributed by atoms with E-state index in [1.165, 1.54) is 34.4 Å². The minimum absolute atomic E-state index is 0.619. The standard InChI is InChI=1S/C3H5OS.Sn/c4-3-1-5-2-3;/h3H,1-2H2;/q-1;+1. The molecule has 1 aliphatic heterocycles. The van der Waals surface area contributed by atoms with Crippen LogP contribution in [0.2, 0.25) is 0 Å². The monoisotopic (exact) mass is 209 g/mol. The summed E-state index contributed by atoms with van der Waals surface area (Å²) < 4.78 is 5.06. The first kappa shape index (κ1) is 5.25. The van der Waals surface area contributed by atoms with Crippen molar-refractivity contribution in [2.24, 2.45) is 0 Å². The van der Waals surface area contributed by atoms with E-state index in [-0.39, 0.29) is 0 Å². The van der Waals surface area contributed by atoms with E-state index in [9.17, 15) is 0 Å². The summed E-state index contributed by atoms with van der Waals surface area (Å²) >= 11 is 3.18. The summed E-state index contributed by atoms with van der Waals surface area (Å²) in [6.07, 6.45) is 0.619. The van der Waals surface area contributed by atoms with Crippen LogP contribution >= 0.6 is 11.8 Å². The Labute approximate surface area is 55.5 Å². The Balaban J connectivity index is 2.01. The number of hydrogen-bond donors (Lipinski definition) is 0. The number of hydrogen-bond acceptors (Lipinski definition) is 2. The summed E-state index contributed by atoms with van der Waals surface area (Å²) in [5.74, 6) is 2.45. The molecule has 6 heavy (non-hydrogen) atoms. The van der Waals surface area contributed by atoms with Crippen molar-refractivity contribution in [2.75, 3.05) is 11.5 Å². The van der Waals surface area contributed by atoms with E-state index in [0.717, 1.165) is 0 Å². The molecule has 0 N–H and O–H groups in total. The SMILES string of the molecule is [Sn][O]C1CSC1. The predicted molar refractivity (Wildman–Crippen MR) is 28.0 cm³/mol. The van der Waals surface area contributed by atoms with Gasteiger partial charge < -0.3 is 0 Å². The second-order valence-electron chi connectivity index (χ2n) is 1.28. The zero-order valence-corrected chi connectivity index (χ0v) is 6.98. The average Bonchev–Trinajstić information content (AvgIpc) is 1.31. The van der Waals surface area contributed by atoms with Gasteiger partial charge in [-0.05, 0) is 0 Å². The minimum atomic E-state index is 0.619. The molecule has 0 amide bonds. The average molecular weight is 208 g/mol. The Morgan fingerprint density at radius 1 is 1.67 bits per heavy atom. The van der Waals surface area contributed by atoms with E-state index in [1.54, 1.807) is 0 Å². The third-order valence-electron chi connectivity index (χ3n) is 0.774. The summed E-state index contributed by atoms with van der Waals surface area (Å²) in [6.45, 7) is 0. The van der Waals surface area contributed by atoms with Crippen molar-refractivity contribution in [2.45, 2.75) is 6.10 Å². The van der Waals surface area contributed by atoms with Gasteiger partial charge in [0.15, 0.2) is 0 Å². The van der Waals surface area contributed by atoms with Gasteiger partial charge >= 0.3 is 55.4 Å². The summed E-state index contributed by atoms with van der Waals surface area (Å²) in [6, 6.07) is 0. The van der Waals surface area contributed by atoms with Gasteiger partial charge in [-0.3, -0.25) is 0 Å². The third kappa shape index (κ3) is 1.04. The van der Waals surface area contributed by atoms with Crippen LogP contribution in [-0.2, 0) is 3.07 Å². The van der Waals surface area contributed by atoms with Crippen LogP contribution in [0.4, 0.5) is 0 Å². The molecule has 1 aliphatic rings. The molecule has 0 aromatic heterocycles. The molecule has 0 saturated carbocycles. The van der Waals surface area contributed by atoms with E-state index in [4.69, 9.17) is 3.07 Å². The molecule has 0 atom stereocenters. The molecule has 1 heterocycles. The molecule has 0 aromatic rings. The molecule has 33 valence electrons. The van der Waals surface area contributed by atoms with Gasteiger partial charge in [-0.15, -0.1) is 0 Å². The Morgan fingerprint density at radius 3 is 2.33 bits per heavy atom. The summed E-state index contributed by atoms with van der Waals surface area (Å²) in [4.78, 5) is 0. The molecule has 1 rings (SSSR count). The van der Waals surface area contributed by atoms with Crippen molar-refractivity contribution < 1.29 is 3.07 Å². The van der Waals surface area contributed by atoms with Crippen LogP contribution in [0.25, 0.3) is 0 Å². The predicted octanol–water partition coefficient (Wildman–Crippen LogP) is 0.202. The number of rotatable bonds is 1. The van der Waals surface area contributed by atoms with Gasteiger partial charge in [0.2, 0.25) is 0 Å². The first-order valence-electron chi connectivity index (χ1n) is 1.83. The van der Waals surface area contributed by atoms with Crippen LogP contribution in [0.15, 0.2) is 0 Å². The summed E-state index contributed by atoms with van der Waals surface area (Å²) in [5, 5.41) is 0. The molecule has 1 fully saturated rings. The van der Waals surface area contributed by atoms with E-state index in [1.807, 2.05) is 11.8 Å². The molecule has 3 heteroatoms. The first-order valence-corrected chi connectivity index (χ1v) is 4.15. The van der Waals surface area contributed by atoms with Crippen molar-refractivity contribution >= 4 is 34.7 Å².